The maximum absolute atomic E-state index is 12.8. The second-order valence-corrected chi connectivity index (χ2v) is 10.4. The summed E-state index contributed by atoms with van der Waals surface area (Å²) in [4.78, 5) is -1.06. The molecule has 0 bridgehead atoms. The predicted octanol–water partition coefficient (Wildman–Crippen LogP) is -0.200. The van der Waals surface area contributed by atoms with Gasteiger partial charge in [0.25, 0.3) is 0 Å². The molecule has 31 heavy (non-hydrogen) atoms. The highest BCUT2D eigenvalue weighted by molar-refractivity contribution is 7.93. The third-order valence-electron chi connectivity index (χ3n) is 4.64. The van der Waals surface area contributed by atoms with Gasteiger partial charge >= 0.3 is 0 Å². The first kappa shape index (κ1) is 21.0. The number of aromatic amines is 1. The number of aromatic nitrogens is 6. The molecule has 0 amide bonds. The van der Waals surface area contributed by atoms with Crippen LogP contribution in [0, 0.1) is 0 Å². The highest BCUT2D eigenvalue weighted by Gasteiger charge is 2.31. The lowest BCUT2D eigenvalue weighted by Crippen LogP contribution is -2.22. The number of nitrogens with two attached hydrogens (primary N) is 2. The fraction of sp³-hybridized carbons (Fsp3) is 0.176. The maximum Gasteiger partial charge on any atom is 0.240 e. The quantitative estimate of drug-likeness (QED) is 0.348. The summed E-state index contributed by atoms with van der Waals surface area (Å²) in [5, 5.41) is 24.0. The van der Waals surface area contributed by atoms with Crippen LogP contribution in [0.4, 0.5) is 0 Å². The fourth-order valence-corrected chi connectivity index (χ4v) is 6.16. The van der Waals surface area contributed by atoms with Gasteiger partial charge in [0.2, 0.25) is 10.0 Å². The van der Waals surface area contributed by atoms with Crippen molar-refractivity contribution in [2.24, 2.45) is 17.9 Å². The van der Waals surface area contributed by atoms with Gasteiger partial charge < -0.3 is 5.73 Å². The maximum atomic E-state index is 12.8. The Hall–Kier alpha value is -3.20. The van der Waals surface area contributed by atoms with Crippen molar-refractivity contribution in [1.29, 1.82) is 0 Å². The van der Waals surface area contributed by atoms with E-state index in [-0.39, 0.29) is 17.9 Å². The van der Waals surface area contributed by atoms with E-state index in [1.54, 1.807) is 23.9 Å². The van der Waals surface area contributed by atoms with E-state index in [4.69, 9.17) is 10.9 Å². The molecule has 2 aromatic heterocycles. The normalized spacial score (nSPS) is 12.5. The van der Waals surface area contributed by atoms with Gasteiger partial charge in [0.1, 0.15) is 4.90 Å². The number of H-pyrrole nitrogens is 1. The predicted molar refractivity (Wildman–Crippen MR) is 112 cm³/mol. The summed E-state index contributed by atoms with van der Waals surface area (Å²) in [6, 6.07) is 8.01. The molecule has 0 atom stereocenters. The summed E-state index contributed by atoms with van der Waals surface area (Å²) in [6.45, 7) is -0.191. The molecular formula is C17H18N8O4S2. The molecule has 0 radical (unpaired) electrons. The molecule has 0 fully saturated rings. The molecule has 5 N–H and O–H groups in total. The molecule has 0 spiro atoms. The molecule has 162 valence electrons. The molecule has 0 aliphatic rings. The minimum atomic E-state index is -4.52. The van der Waals surface area contributed by atoms with E-state index in [9.17, 15) is 16.8 Å². The number of primary sulfonamides is 1. The van der Waals surface area contributed by atoms with Crippen molar-refractivity contribution in [2.45, 2.75) is 9.79 Å². The van der Waals surface area contributed by atoms with E-state index in [0.29, 0.717) is 16.6 Å². The Morgan fingerprint density at radius 3 is 2.55 bits per heavy atom. The van der Waals surface area contributed by atoms with Gasteiger partial charge in [-0.2, -0.15) is 5.10 Å². The lowest BCUT2D eigenvalue weighted by Gasteiger charge is -2.16. The Bertz CT molecular complexity index is 1490. The molecule has 12 nitrogen and oxygen atoms in total. The molecule has 2 aromatic carbocycles. The number of nitrogens with one attached hydrogen (secondary N) is 1. The number of benzene rings is 2. The number of sulfone groups is 1. The Morgan fingerprint density at radius 1 is 1.13 bits per heavy atom. The smallest absolute Gasteiger partial charge is 0.240 e. The molecule has 0 aliphatic heterocycles. The van der Waals surface area contributed by atoms with Crippen LogP contribution in [0.1, 0.15) is 0 Å². The van der Waals surface area contributed by atoms with E-state index in [0.717, 1.165) is 5.39 Å². The van der Waals surface area contributed by atoms with Gasteiger partial charge in [-0.3, -0.25) is 4.68 Å². The monoisotopic (exact) mass is 462 g/mol. The molecule has 14 heteroatoms. The average Bonchev–Trinajstić information content (AvgIpc) is 3.34. The van der Waals surface area contributed by atoms with Crippen LogP contribution in [0.15, 0.2) is 46.3 Å². The number of nitrogens with zero attached hydrogens (tertiary/aromatic N) is 5. The zero-order valence-corrected chi connectivity index (χ0v) is 17.9. The van der Waals surface area contributed by atoms with Crippen LogP contribution in [0.5, 0.6) is 0 Å². The number of tetrazole rings is 1. The van der Waals surface area contributed by atoms with Crippen molar-refractivity contribution in [3.8, 4) is 22.5 Å². The summed E-state index contributed by atoms with van der Waals surface area (Å²) in [7, 11) is -6.79. The highest BCUT2D eigenvalue weighted by atomic mass is 32.2. The van der Waals surface area contributed by atoms with E-state index in [2.05, 4.69) is 25.7 Å². The number of hydrogen-bond donors (Lipinski definition) is 3. The molecule has 0 saturated heterocycles. The highest BCUT2D eigenvalue weighted by Crippen LogP contribution is 2.39. The SMILES string of the molecule is Cn1cc2ccc(-c3ccc(S(=O)(=O)CCN)c(S(N)(=O)=O)c3-c3nnn[nH]3)cc2n1. The fourth-order valence-electron chi connectivity index (χ4n) is 3.40. The lowest BCUT2D eigenvalue weighted by atomic mass is 9.98. The first-order chi connectivity index (χ1) is 14.6. The van der Waals surface area contributed by atoms with Gasteiger partial charge in [0.15, 0.2) is 15.7 Å². The molecule has 0 saturated carbocycles. The van der Waals surface area contributed by atoms with Crippen LogP contribution in [0.3, 0.4) is 0 Å². The minimum Gasteiger partial charge on any atom is -0.329 e. The Balaban J connectivity index is 2.11. The summed E-state index contributed by atoms with van der Waals surface area (Å²) < 4.78 is 52.4. The van der Waals surface area contributed by atoms with Crippen molar-refractivity contribution >= 4 is 30.8 Å². The number of fused-ring (bicyclic) bond motifs is 1. The molecule has 0 aliphatic carbocycles. The Kier molecular flexibility index (Phi) is 5.09. The van der Waals surface area contributed by atoms with Gasteiger partial charge in [-0.25, -0.2) is 27.1 Å². The summed E-state index contributed by atoms with van der Waals surface area (Å²) in [5.41, 5.74) is 6.96. The Labute approximate surface area is 177 Å². The molecule has 2 heterocycles. The minimum absolute atomic E-state index is 0.0510. The van der Waals surface area contributed by atoms with Crippen LogP contribution in [0.2, 0.25) is 0 Å². The number of sulfonamides is 1. The van der Waals surface area contributed by atoms with Crippen molar-refractivity contribution in [3.05, 3.63) is 36.5 Å². The lowest BCUT2D eigenvalue weighted by molar-refractivity contribution is 0.583. The van der Waals surface area contributed by atoms with Crippen molar-refractivity contribution in [1.82, 2.24) is 30.4 Å². The number of hydrogen-bond acceptors (Lipinski definition) is 9. The third-order valence-corrected chi connectivity index (χ3v) is 7.55. The molecule has 4 rings (SSSR count). The zero-order valence-electron chi connectivity index (χ0n) is 16.2. The summed E-state index contributed by atoms with van der Waals surface area (Å²) in [5.74, 6) is -0.506. The van der Waals surface area contributed by atoms with Gasteiger partial charge in [-0.15, -0.1) is 5.10 Å². The second-order valence-electron chi connectivity index (χ2n) is 6.79. The summed E-state index contributed by atoms with van der Waals surface area (Å²) in [6.07, 6.45) is 1.83. The molecule has 0 unspecified atom stereocenters. The zero-order chi connectivity index (χ0) is 22.4. The number of rotatable bonds is 6. The van der Waals surface area contributed by atoms with Gasteiger partial charge in [-0.05, 0) is 33.7 Å². The van der Waals surface area contributed by atoms with E-state index in [1.807, 2.05) is 12.3 Å². The van der Waals surface area contributed by atoms with Crippen molar-refractivity contribution in [2.75, 3.05) is 12.3 Å². The first-order valence-corrected chi connectivity index (χ1v) is 12.1. The van der Waals surface area contributed by atoms with Crippen LogP contribution in [-0.4, -0.2) is 59.5 Å². The van der Waals surface area contributed by atoms with E-state index < -0.39 is 35.4 Å². The Morgan fingerprint density at radius 2 is 1.90 bits per heavy atom. The van der Waals surface area contributed by atoms with Gasteiger partial charge in [0.05, 0.1) is 16.2 Å². The third kappa shape index (κ3) is 3.81. The standard InChI is InChI=1S/C17H18N8O4S2/c1-25-9-11-3-2-10(8-13(11)22-25)12-4-5-14(30(26,27)7-6-18)16(31(19,28)29)15(12)17-20-23-24-21-17/h2-5,8-9H,6-7,18H2,1H3,(H2,19,28,29)(H,20,21,23,24). The largest absolute Gasteiger partial charge is 0.329 e. The average molecular weight is 463 g/mol. The second kappa shape index (κ2) is 7.49. The summed E-state index contributed by atoms with van der Waals surface area (Å²) >= 11 is 0. The topological polar surface area (TPSA) is 193 Å². The van der Waals surface area contributed by atoms with Crippen molar-refractivity contribution < 1.29 is 16.8 Å². The van der Waals surface area contributed by atoms with Crippen LogP contribution in [-0.2, 0) is 26.9 Å². The number of aryl methyl sites for hydroxylation is 1. The van der Waals surface area contributed by atoms with Crippen LogP contribution < -0.4 is 10.9 Å². The van der Waals surface area contributed by atoms with Crippen LogP contribution in [0.25, 0.3) is 33.4 Å². The van der Waals surface area contributed by atoms with Crippen LogP contribution >= 0.6 is 0 Å². The first-order valence-electron chi connectivity index (χ1n) is 8.92. The molecule has 4 aromatic rings. The van der Waals surface area contributed by atoms with E-state index in [1.165, 1.54) is 12.1 Å². The van der Waals surface area contributed by atoms with Crippen molar-refractivity contribution in [3.63, 3.8) is 0 Å². The van der Waals surface area contributed by atoms with Gasteiger partial charge in [-0.1, -0.05) is 18.2 Å². The molecular weight excluding hydrogens is 444 g/mol. The van der Waals surface area contributed by atoms with E-state index >= 15 is 0 Å². The van der Waals surface area contributed by atoms with Gasteiger partial charge in [0, 0.05) is 30.7 Å².